The van der Waals surface area contributed by atoms with Gasteiger partial charge in [-0.3, -0.25) is 0 Å². The van der Waals surface area contributed by atoms with Gasteiger partial charge < -0.3 is 18.7 Å². The molecule has 0 bridgehead atoms. The third kappa shape index (κ3) is 3.28. The molecule has 6 heteroatoms. The Labute approximate surface area is 108 Å². The molecule has 1 heterocycles. The molecule has 1 atom stereocenters. The van der Waals surface area contributed by atoms with Gasteiger partial charge in [0.2, 0.25) is 12.1 Å². The first-order chi connectivity index (χ1) is 8.61. The third-order valence-electron chi connectivity index (χ3n) is 2.88. The first-order valence-corrected chi connectivity index (χ1v) is 6.23. The van der Waals surface area contributed by atoms with Crippen molar-refractivity contribution >= 4 is 0 Å². The summed E-state index contributed by atoms with van der Waals surface area (Å²) >= 11 is 0. The van der Waals surface area contributed by atoms with Crippen molar-refractivity contribution in [1.82, 2.24) is 10.1 Å². The molecule has 0 radical (unpaired) electrons. The first kappa shape index (κ1) is 15.1. The Kier molecular flexibility index (Phi) is 5.71. The molecular weight excluding hydrogens is 236 g/mol. The first-order valence-electron chi connectivity index (χ1n) is 6.23. The number of hydrogen-bond donors (Lipinski definition) is 0. The molecule has 0 amide bonds. The van der Waals surface area contributed by atoms with Crippen molar-refractivity contribution in [2.24, 2.45) is 0 Å². The molecule has 0 aliphatic carbocycles. The zero-order chi connectivity index (χ0) is 13.6. The number of ether oxygens (including phenoxy) is 3. The number of methoxy groups -OCH3 is 1. The van der Waals surface area contributed by atoms with Crippen molar-refractivity contribution in [3.05, 3.63) is 11.7 Å². The van der Waals surface area contributed by atoms with E-state index in [1.807, 2.05) is 27.7 Å². The molecule has 0 aromatic carbocycles. The second-order valence-electron chi connectivity index (χ2n) is 3.99. The molecule has 1 aromatic rings. The predicted molar refractivity (Wildman–Crippen MR) is 64.9 cm³/mol. The summed E-state index contributed by atoms with van der Waals surface area (Å²) in [5.41, 5.74) is -0.551. The second-order valence-corrected chi connectivity index (χ2v) is 3.99. The minimum atomic E-state index is -0.612. The van der Waals surface area contributed by atoms with E-state index in [1.54, 1.807) is 7.11 Å². The summed E-state index contributed by atoms with van der Waals surface area (Å²) in [5.74, 6) is 0.831. The van der Waals surface area contributed by atoms with Gasteiger partial charge in [0, 0.05) is 20.3 Å². The van der Waals surface area contributed by atoms with E-state index in [-0.39, 0.29) is 0 Å². The number of nitrogens with zero attached hydrogens (tertiary/aromatic N) is 2. The van der Waals surface area contributed by atoms with Gasteiger partial charge in [-0.15, -0.1) is 0 Å². The van der Waals surface area contributed by atoms with Gasteiger partial charge in [0.1, 0.15) is 5.60 Å². The SMILES string of the molecule is CCOC(OCC)c1nc(C(C)(CC)OC)no1. The Morgan fingerprint density at radius 2 is 1.83 bits per heavy atom. The van der Waals surface area contributed by atoms with Crippen molar-refractivity contribution in [3.8, 4) is 0 Å². The van der Waals surface area contributed by atoms with Crippen LogP contribution in [0.25, 0.3) is 0 Å². The number of aromatic nitrogens is 2. The van der Waals surface area contributed by atoms with Gasteiger partial charge >= 0.3 is 0 Å². The van der Waals surface area contributed by atoms with Crippen LogP contribution in [0.15, 0.2) is 4.52 Å². The minimum Gasteiger partial charge on any atom is -0.370 e. The molecule has 1 rings (SSSR count). The summed E-state index contributed by atoms with van der Waals surface area (Å²) in [6.07, 6.45) is 0.135. The fourth-order valence-corrected chi connectivity index (χ4v) is 1.43. The van der Waals surface area contributed by atoms with E-state index in [0.29, 0.717) is 24.9 Å². The number of rotatable bonds is 8. The molecule has 0 aliphatic rings. The van der Waals surface area contributed by atoms with Crippen molar-refractivity contribution in [2.75, 3.05) is 20.3 Å². The molecule has 1 unspecified atom stereocenters. The smallest absolute Gasteiger partial charge is 0.283 e. The standard InChI is InChI=1S/C12H22N2O4/c1-6-12(4,15-5)11-13-9(18-14-11)10(16-7-2)17-8-3/h10H,6-8H2,1-5H3. The molecule has 0 aliphatic heterocycles. The van der Waals surface area contributed by atoms with Crippen LogP contribution >= 0.6 is 0 Å². The van der Waals surface area contributed by atoms with Gasteiger partial charge in [-0.05, 0) is 27.2 Å². The van der Waals surface area contributed by atoms with Crippen LogP contribution in [-0.2, 0) is 19.8 Å². The lowest BCUT2D eigenvalue weighted by atomic mass is 10.0. The van der Waals surface area contributed by atoms with Crippen LogP contribution in [0.5, 0.6) is 0 Å². The summed E-state index contributed by atoms with van der Waals surface area (Å²) in [6.45, 7) is 8.71. The summed E-state index contributed by atoms with van der Waals surface area (Å²) in [4.78, 5) is 4.31. The molecule has 0 fully saturated rings. The normalized spacial score (nSPS) is 15.0. The fourth-order valence-electron chi connectivity index (χ4n) is 1.43. The van der Waals surface area contributed by atoms with Gasteiger partial charge in [0.25, 0.3) is 5.89 Å². The number of hydrogen-bond acceptors (Lipinski definition) is 6. The molecule has 0 spiro atoms. The highest BCUT2D eigenvalue weighted by Crippen LogP contribution is 2.27. The lowest BCUT2D eigenvalue weighted by Gasteiger charge is -2.21. The van der Waals surface area contributed by atoms with Crippen molar-refractivity contribution in [3.63, 3.8) is 0 Å². The molecule has 18 heavy (non-hydrogen) atoms. The fraction of sp³-hybridized carbons (Fsp3) is 0.833. The van der Waals surface area contributed by atoms with Crippen LogP contribution in [0.2, 0.25) is 0 Å². The largest absolute Gasteiger partial charge is 0.370 e. The van der Waals surface area contributed by atoms with Gasteiger partial charge in [0.15, 0.2) is 0 Å². The average Bonchev–Trinajstić information content (AvgIpc) is 2.87. The summed E-state index contributed by atoms with van der Waals surface area (Å²) in [6, 6.07) is 0. The van der Waals surface area contributed by atoms with Crippen molar-refractivity contribution < 1.29 is 18.7 Å². The van der Waals surface area contributed by atoms with Gasteiger partial charge in [0.05, 0.1) is 0 Å². The lowest BCUT2D eigenvalue weighted by Crippen LogP contribution is -2.25. The minimum absolute atomic E-state index is 0.324. The topological polar surface area (TPSA) is 66.6 Å². The highest BCUT2D eigenvalue weighted by atomic mass is 16.7. The average molecular weight is 258 g/mol. The third-order valence-corrected chi connectivity index (χ3v) is 2.88. The van der Waals surface area contributed by atoms with Crippen LogP contribution in [0.1, 0.15) is 52.1 Å². The van der Waals surface area contributed by atoms with Crippen LogP contribution in [0.3, 0.4) is 0 Å². The Morgan fingerprint density at radius 1 is 1.22 bits per heavy atom. The highest BCUT2D eigenvalue weighted by molar-refractivity contribution is 4.99. The monoisotopic (exact) mass is 258 g/mol. The summed E-state index contributed by atoms with van der Waals surface area (Å²) in [7, 11) is 1.63. The van der Waals surface area contributed by atoms with E-state index in [0.717, 1.165) is 6.42 Å². The molecule has 0 saturated heterocycles. The Balaban J connectivity index is 2.89. The zero-order valence-corrected chi connectivity index (χ0v) is 11.7. The molecule has 0 N–H and O–H groups in total. The Hall–Kier alpha value is -0.980. The molecule has 0 saturated carbocycles. The van der Waals surface area contributed by atoms with E-state index < -0.39 is 11.9 Å². The maximum atomic E-state index is 5.42. The van der Waals surface area contributed by atoms with E-state index in [9.17, 15) is 0 Å². The van der Waals surface area contributed by atoms with Crippen molar-refractivity contribution in [1.29, 1.82) is 0 Å². The molecule has 104 valence electrons. The Morgan fingerprint density at radius 3 is 2.28 bits per heavy atom. The van der Waals surface area contributed by atoms with Crippen LogP contribution in [0, 0.1) is 0 Å². The lowest BCUT2D eigenvalue weighted by molar-refractivity contribution is -0.155. The van der Waals surface area contributed by atoms with Crippen LogP contribution < -0.4 is 0 Å². The van der Waals surface area contributed by atoms with Gasteiger partial charge in [-0.25, -0.2) is 0 Å². The Bertz CT molecular complexity index is 344. The summed E-state index contributed by atoms with van der Waals surface area (Å²) in [5, 5.41) is 3.94. The van der Waals surface area contributed by atoms with Crippen molar-refractivity contribution in [2.45, 2.75) is 46.0 Å². The van der Waals surface area contributed by atoms with E-state index >= 15 is 0 Å². The van der Waals surface area contributed by atoms with E-state index in [4.69, 9.17) is 18.7 Å². The molecular formula is C12H22N2O4. The quantitative estimate of drug-likeness (QED) is 0.667. The van der Waals surface area contributed by atoms with Gasteiger partial charge in [-0.1, -0.05) is 12.1 Å². The zero-order valence-electron chi connectivity index (χ0n) is 11.7. The highest BCUT2D eigenvalue weighted by Gasteiger charge is 2.31. The van der Waals surface area contributed by atoms with Crippen LogP contribution in [0.4, 0.5) is 0 Å². The second kappa shape index (κ2) is 6.82. The van der Waals surface area contributed by atoms with E-state index in [2.05, 4.69) is 10.1 Å². The van der Waals surface area contributed by atoms with E-state index in [1.165, 1.54) is 0 Å². The predicted octanol–water partition coefficient (Wildman–Crippen LogP) is 2.41. The summed E-state index contributed by atoms with van der Waals surface area (Å²) < 4.78 is 21.4. The van der Waals surface area contributed by atoms with Crippen LogP contribution in [-0.4, -0.2) is 30.5 Å². The molecule has 6 nitrogen and oxygen atoms in total. The maximum Gasteiger partial charge on any atom is 0.283 e. The van der Waals surface area contributed by atoms with Gasteiger partial charge in [-0.2, -0.15) is 4.98 Å². The maximum absolute atomic E-state index is 5.42. The molecule has 1 aromatic heterocycles.